The molecule has 1 saturated carbocycles. The highest BCUT2D eigenvalue weighted by Gasteiger charge is 2.32. The molecule has 0 radical (unpaired) electrons. The van der Waals surface area contributed by atoms with Crippen LogP contribution in [0.1, 0.15) is 31.7 Å². The zero-order chi connectivity index (χ0) is 14.5. The molecule has 110 valence electrons. The van der Waals surface area contributed by atoms with Gasteiger partial charge in [0, 0.05) is 12.0 Å². The number of nitrogens with one attached hydrogen (secondary N) is 1. The summed E-state index contributed by atoms with van der Waals surface area (Å²) in [5.41, 5.74) is 6.74. The van der Waals surface area contributed by atoms with Crippen molar-refractivity contribution in [1.29, 1.82) is 0 Å². The lowest BCUT2D eigenvalue weighted by atomic mass is 9.95. The second-order valence-electron chi connectivity index (χ2n) is 5.77. The number of carbonyl (C=O) groups excluding carboxylic acids is 1. The van der Waals surface area contributed by atoms with Crippen LogP contribution >= 0.6 is 0 Å². The molecule has 0 bridgehead atoms. The lowest BCUT2D eigenvalue weighted by Gasteiger charge is -2.21. The first-order valence-corrected chi connectivity index (χ1v) is 7.35. The molecular formula is C16H23FN2O. The number of carbonyl (C=O) groups is 1. The van der Waals surface area contributed by atoms with Crippen LogP contribution in [-0.2, 0) is 11.2 Å². The summed E-state index contributed by atoms with van der Waals surface area (Å²) < 4.78 is 12.8. The van der Waals surface area contributed by atoms with Gasteiger partial charge in [-0.15, -0.1) is 0 Å². The Morgan fingerprint density at radius 1 is 1.40 bits per heavy atom. The molecule has 1 aliphatic carbocycles. The maximum absolute atomic E-state index is 12.8. The molecule has 1 aromatic rings. The monoisotopic (exact) mass is 278 g/mol. The second-order valence-corrected chi connectivity index (χ2v) is 5.77. The first-order valence-electron chi connectivity index (χ1n) is 7.35. The molecule has 3 unspecified atom stereocenters. The quantitative estimate of drug-likeness (QED) is 0.868. The Morgan fingerprint density at radius 2 is 2.10 bits per heavy atom. The number of amides is 1. The van der Waals surface area contributed by atoms with Crippen LogP contribution < -0.4 is 11.1 Å². The molecule has 1 fully saturated rings. The summed E-state index contributed by atoms with van der Waals surface area (Å²) in [6, 6.07) is 6.47. The third-order valence-electron chi connectivity index (χ3n) is 4.14. The highest BCUT2D eigenvalue weighted by atomic mass is 19.1. The SMILES string of the molecule is CC(Cc1ccc(F)cc1)NC(=O)C1CCCC1CN. The normalized spacial score (nSPS) is 23.6. The number of hydrogen-bond acceptors (Lipinski definition) is 2. The minimum atomic E-state index is -0.234. The summed E-state index contributed by atoms with van der Waals surface area (Å²) in [7, 11) is 0. The minimum Gasteiger partial charge on any atom is -0.353 e. The van der Waals surface area contributed by atoms with Crippen molar-refractivity contribution >= 4 is 5.91 Å². The van der Waals surface area contributed by atoms with Gasteiger partial charge in [-0.1, -0.05) is 18.6 Å². The Hall–Kier alpha value is -1.42. The summed E-state index contributed by atoms with van der Waals surface area (Å²) >= 11 is 0. The van der Waals surface area contributed by atoms with E-state index in [9.17, 15) is 9.18 Å². The molecule has 1 aromatic carbocycles. The fourth-order valence-electron chi connectivity index (χ4n) is 3.04. The van der Waals surface area contributed by atoms with Crippen molar-refractivity contribution in [3.05, 3.63) is 35.6 Å². The average Bonchev–Trinajstić information content (AvgIpc) is 2.89. The van der Waals surface area contributed by atoms with Gasteiger partial charge in [-0.05, 0) is 56.3 Å². The van der Waals surface area contributed by atoms with E-state index >= 15 is 0 Å². The molecule has 1 amide bonds. The third kappa shape index (κ3) is 3.79. The number of hydrogen-bond donors (Lipinski definition) is 2. The van der Waals surface area contributed by atoms with E-state index < -0.39 is 0 Å². The van der Waals surface area contributed by atoms with Crippen LogP contribution in [0.25, 0.3) is 0 Å². The van der Waals surface area contributed by atoms with Gasteiger partial charge in [0.05, 0.1) is 0 Å². The van der Waals surface area contributed by atoms with Crippen molar-refractivity contribution in [1.82, 2.24) is 5.32 Å². The molecule has 2 rings (SSSR count). The molecule has 0 spiro atoms. The first kappa shape index (κ1) is 15.0. The van der Waals surface area contributed by atoms with E-state index in [0.717, 1.165) is 24.8 Å². The topological polar surface area (TPSA) is 55.1 Å². The van der Waals surface area contributed by atoms with Gasteiger partial charge in [-0.25, -0.2) is 4.39 Å². The van der Waals surface area contributed by atoms with Crippen LogP contribution in [0.15, 0.2) is 24.3 Å². The van der Waals surface area contributed by atoms with E-state index in [0.29, 0.717) is 18.9 Å². The van der Waals surface area contributed by atoms with Crippen molar-refractivity contribution in [2.75, 3.05) is 6.54 Å². The molecule has 3 atom stereocenters. The lowest BCUT2D eigenvalue weighted by molar-refractivity contribution is -0.126. The van der Waals surface area contributed by atoms with Crippen molar-refractivity contribution < 1.29 is 9.18 Å². The summed E-state index contributed by atoms with van der Waals surface area (Å²) in [6.45, 7) is 2.57. The smallest absolute Gasteiger partial charge is 0.223 e. The van der Waals surface area contributed by atoms with Crippen LogP contribution in [0.5, 0.6) is 0 Å². The van der Waals surface area contributed by atoms with Gasteiger partial charge in [0.1, 0.15) is 5.82 Å². The Labute approximate surface area is 119 Å². The fraction of sp³-hybridized carbons (Fsp3) is 0.562. The van der Waals surface area contributed by atoms with Gasteiger partial charge in [-0.2, -0.15) is 0 Å². The van der Waals surface area contributed by atoms with Gasteiger partial charge in [0.2, 0.25) is 5.91 Å². The second kappa shape index (κ2) is 6.84. The van der Waals surface area contributed by atoms with E-state index in [-0.39, 0.29) is 23.7 Å². The Morgan fingerprint density at radius 3 is 2.75 bits per heavy atom. The largest absolute Gasteiger partial charge is 0.353 e. The Balaban J connectivity index is 1.86. The summed E-state index contributed by atoms with van der Waals surface area (Å²) in [6.07, 6.45) is 3.80. The molecular weight excluding hydrogens is 255 g/mol. The molecule has 0 saturated heterocycles. The van der Waals surface area contributed by atoms with Crippen molar-refractivity contribution in [3.8, 4) is 0 Å². The summed E-state index contributed by atoms with van der Waals surface area (Å²) in [5.74, 6) is 0.276. The highest BCUT2D eigenvalue weighted by molar-refractivity contribution is 5.79. The molecule has 4 heteroatoms. The minimum absolute atomic E-state index is 0.0481. The maximum Gasteiger partial charge on any atom is 0.223 e. The summed E-state index contributed by atoms with van der Waals surface area (Å²) in [5, 5.41) is 3.06. The number of benzene rings is 1. The number of halogens is 1. The lowest BCUT2D eigenvalue weighted by Crippen LogP contribution is -2.40. The van der Waals surface area contributed by atoms with E-state index in [4.69, 9.17) is 5.73 Å². The molecule has 3 nitrogen and oxygen atoms in total. The van der Waals surface area contributed by atoms with Crippen molar-refractivity contribution in [2.45, 2.75) is 38.6 Å². The highest BCUT2D eigenvalue weighted by Crippen LogP contribution is 2.31. The van der Waals surface area contributed by atoms with Crippen LogP contribution in [0.3, 0.4) is 0 Å². The molecule has 20 heavy (non-hydrogen) atoms. The fourth-order valence-corrected chi connectivity index (χ4v) is 3.04. The maximum atomic E-state index is 12.8. The zero-order valence-electron chi connectivity index (χ0n) is 11.9. The van der Waals surface area contributed by atoms with Crippen LogP contribution in [0.2, 0.25) is 0 Å². The third-order valence-corrected chi connectivity index (χ3v) is 4.14. The van der Waals surface area contributed by atoms with Gasteiger partial charge in [-0.3, -0.25) is 4.79 Å². The Bertz CT molecular complexity index is 446. The van der Waals surface area contributed by atoms with E-state index in [2.05, 4.69) is 5.32 Å². The molecule has 1 aliphatic rings. The standard InChI is InChI=1S/C16H23FN2O/c1-11(9-12-5-7-14(17)8-6-12)19-16(20)15-4-2-3-13(15)10-18/h5-8,11,13,15H,2-4,9-10,18H2,1H3,(H,19,20). The number of nitrogens with two attached hydrogens (primary N) is 1. The zero-order valence-corrected chi connectivity index (χ0v) is 11.9. The number of rotatable bonds is 5. The molecule has 3 N–H and O–H groups in total. The van der Waals surface area contributed by atoms with E-state index in [1.165, 1.54) is 12.1 Å². The first-order chi connectivity index (χ1) is 9.60. The van der Waals surface area contributed by atoms with E-state index in [1.54, 1.807) is 12.1 Å². The van der Waals surface area contributed by atoms with Gasteiger partial charge in [0.15, 0.2) is 0 Å². The van der Waals surface area contributed by atoms with Crippen molar-refractivity contribution in [3.63, 3.8) is 0 Å². The van der Waals surface area contributed by atoms with Crippen LogP contribution in [-0.4, -0.2) is 18.5 Å². The predicted octanol–water partition coefficient (Wildman–Crippen LogP) is 2.25. The van der Waals surface area contributed by atoms with Gasteiger partial charge < -0.3 is 11.1 Å². The van der Waals surface area contributed by atoms with Crippen LogP contribution in [0.4, 0.5) is 4.39 Å². The van der Waals surface area contributed by atoms with Crippen molar-refractivity contribution in [2.24, 2.45) is 17.6 Å². The summed E-state index contributed by atoms with van der Waals surface area (Å²) in [4.78, 5) is 12.2. The molecule has 0 aromatic heterocycles. The van der Waals surface area contributed by atoms with Gasteiger partial charge in [0.25, 0.3) is 0 Å². The van der Waals surface area contributed by atoms with Gasteiger partial charge >= 0.3 is 0 Å². The molecule has 0 heterocycles. The molecule has 0 aliphatic heterocycles. The average molecular weight is 278 g/mol. The predicted molar refractivity (Wildman–Crippen MR) is 77.6 cm³/mol. The van der Waals surface area contributed by atoms with E-state index in [1.807, 2.05) is 6.92 Å². The van der Waals surface area contributed by atoms with Crippen LogP contribution in [0, 0.1) is 17.7 Å². The Kier molecular flexibility index (Phi) is 5.12.